The molecule has 0 saturated carbocycles. The van der Waals surface area contributed by atoms with Gasteiger partial charge in [-0.15, -0.1) is 0 Å². The van der Waals surface area contributed by atoms with Gasteiger partial charge in [0.2, 0.25) is 0 Å². The van der Waals surface area contributed by atoms with Crippen molar-refractivity contribution in [3.8, 4) is 0 Å². The highest BCUT2D eigenvalue weighted by Crippen LogP contribution is 2.14. The zero-order chi connectivity index (χ0) is 13.8. The van der Waals surface area contributed by atoms with Gasteiger partial charge in [0, 0.05) is 13.1 Å². The molecular formula is C12H15N3O4. The van der Waals surface area contributed by atoms with Gasteiger partial charge in [0.05, 0.1) is 18.0 Å². The summed E-state index contributed by atoms with van der Waals surface area (Å²) in [4.78, 5) is 28.0. The topological polar surface area (TPSA) is 103 Å². The average molecular weight is 265 g/mol. The standard InChI is InChI=1S/C12H15N3O4/c16-9-2-1-5-15(7-9)11(17)10-4-3-8(6-13-10)14-12(18)19/h3-4,6,9,14,16H,1-2,5,7H2,(H,18,19). The predicted molar refractivity (Wildman–Crippen MR) is 67.0 cm³/mol. The summed E-state index contributed by atoms with van der Waals surface area (Å²) in [6, 6.07) is 2.95. The predicted octanol–water partition coefficient (Wildman–Crippen LogP) is 0.768. The van der Waals surface area contributed by atoms with Gasteiger partial charge in [0.15, 0.2) is 0 Å². The SMILES string of the molecule is O=C(O)Nc1ccc(C(=O)N2CCCC(O)C2)nc1. The molecule has 0 radical (unpaired) electrons. The van der Waals surface area contributed by atoms with Crippen molar-refractivity contribution < 1.29 is 19.8 Å². The molecule has 1 fully saturated rings. The molecule has 1 aliphatic rings. The Bertz CT molecular complexity index is 474. The lowest BCUT2D eigenvalue weighted by atomic mass is 10.1. The Labute approximate surface area is 109 Å². The largest absolute Gasteiger partial charge is 0.465 e. The zero-order valence-corrected chi connectivity index (χ0v) is 10.2. The Morgan fingerprint density at radius 1 is 1.42 bits per heavy atom. The van der Waals surface area contributed by atoms with E-state index < -0.39 is 12.2 Å². The molecule has 7 heteroatoms. The highest BCUT2D eigenvalue weighted by Gasteiger charge is 2.23. The van der Waals surface area contributed by atoms with Gasteiger partial charge in [-0.2, -0.15) is 0 Å². The number of aliphatic hydroxyl groups excluding tert-OH is 1. The molecule has 1 aromatic heterocycles. The fourth-order valence-corrected chi connectivity index (χ4v) is 2.02. The number of hydrogen-bond donors (Lipinski definition) is 3. The molecule has 3 N–H and O–H groups in total. The normalized spacial score (nSPS) is 19.0. The van der Waals surface area contributed by atoms with Crippen LogP contribution in [0.4, 0.5) is 10.5 Å². The molecule has 2 heterocycles. The van der Waals surface area contributed by atoms with Crippen molar-refractivity contribution in [2.24, 2.45) is 0 Å². The number of piperidine rings is 1. The number of likely N-dealkylation sites (tertiary alicyclic amines) is 1. The van der Waals surface area contributed by atoms with E-state index in [0.717, 1.165) is 6.42 Å². The molecule has 2 amide bonds. The van der Waals surface area contributed by atoms with Crippen LogP contribution in [0.2, 0.25) is 0 Å². The van der Waals surface area contributed by atoms with Crippen molar-refractivity contribution in [2.75, 3.05) is 18.4 Å². The van der Waals surface area contributed by atoms with E-state index in [1.165, 1.54) is 18.3 Å². The number of anilines is 1. The third-order valence-electron chi connectivity index (χ3n) is 2.92. The molecule has 7 nitrogen and oxygen atoms in total. The number of aliphatic hydroxyl groups is 1. The van der Waals surface area contributed by atoms with Crippen LogP contribution in [0.25, 0.3) is 0 Å². The number of carboxylic acid groups (broad SMARTS) is 1. The molecule has 1 aromatic rings. The highest BCUT2D eigenvalue weighted by molar-refractivity contribution is 5.93. The Morgan fingerprint density at radius 3 is 2.79 bits per heavy atom. The fourth-order valence-electron chi connectivity index (χ4n) is 2.02. The van der Waals surface area contributed by atoms with Crippen molar-refractivity contribution in [3.63, 3.8) is 0 Å². The molecule has 1 unspecified atom stereocenters. The van der Waals surface area contributed by atoms with E-state index in [2.05, 4.69) is 10.3 Å². The van der Waals surface area contributed by atoms with E-state index >= 15 is 0 Å². The number of amides is 2. The monoisotopic (exact) mass is 265 g/mol. The lowest BCUT2D eigenvalue weighted by Crippen LogP contribution is -2.42. The number of aromatic nitrogens is 1. The second-order valence-electron chi connectivity index (χ2n) is 4.41. The summed E-state index contributed by atoms with van der Waals surface area (Å²) in [5.41, 5.74) is 0.549. The number of nitrogens with zero attached hydrogens (tertiary/aromatic N) is 2. The van der Waals surface area contributed by atoms with Crippen molar-refractivity contribution in [1.82, 2.24) is 9.88 Å². The van der Waals surface area contributed by atoms with Gasteiger partial charge < -0.3 is 15.1 Å². The minimum absolute atomic E-state index is 0.241. The molecule has 1 aliphatic heterocycles. The molecule has 2 rings (SSSR count). The van der Waals surface area contributed by atoms with Crippen LogP contribution in [-0.2, 0) is 0 Å². The Balaban J connectivity index is 2.04. The van der Waals surface area contributed by atoms with Gasteiger partial charge in [-0.3, -0.25) is 10.1 Å². The van der Waals surface area contributed by atoms with Gasteiger partial charge in [0.25, 0.3) is 5.91 Å². The zero-order valence-electron chi connectivity index (χ0n) is 10.2. The Kier molecular flexibility index (Phi) is 3.96. The second-order valence-corrected chi connectivity index (χ2v) is 4.41. The molecule has 0 spiro atoms. The molecular weight excluding hydrogens is 250 g/mol. The number of pyridine rings is 1. The maximum absolute atomic E-state index is 12.1. The maximum atomic E-state index is 12.1. The first kappa shape index (κ1) is 13.3. The molecule has 0 aromatic carbocycles. The van der Waals surface area contributed by atoms with Gasteiger partial charge in [-0.1, -0.05) is 0 Å². The maximum Gasteiger partial charge on any atom is 0.409 e. The van der Waals surface area contributed by atoms with Crippen LogP contribution < -0.4 is 5.32 Å². The van der Waals surface area contributed by atoms with E-state index in [9.17, 15) is 14.7 Å². The van der Waals surface area contributed by atoms with E-state index in [0.29, 0.717) is 25.2 Å². The van der Waals surface area contributed by atoms with Crippen LogP contribution in [0, 0.1) is 0 Å². The average Bonchev–Trinajstić information content (AvgIpc) is 2.38. The van der Waals surface area contributed by atoms with Gasteiger partial charge in [-0.25, -0.2) is 9.78 Å². The number of rotatable bonds is 2. The number of carbonyl (C=O) groups excluding carboxylic acids is 1. The number of β-amino-alcohol motifs (C(OH)–C–C–N with tert-alkyl or cyclic N) is 1. The minimum Gasteiger partial charge on any atom is -0.465 e. The van der Waals surface area contributed by atoms with Crippen LogP contribution >= 0.6 is 0 Å². The summed E-state index contributed by atoms with van der Waals surface area (Å²) in [6.45, 7) is 0.919. The third kappa shape index (κ3) is 3.41. The van der Waals surface area contributed by atoms with Crippen molar-refractivity contribution >= 4 is 17.7 Å². The van der Waals surface area contributed by atoms with Crippen LogP contribution in [0.3, 0.4) is 0 Å². The third-order valence-corrected chi connectivity index (χ3v) is 2.92. The molecule has 1 atom stereocenters. The molecule has 0 bridgehead atoms. The smallest absolute Gasteiger partial charge is 0.409 e. The summed E-state index contributed by atoms with van der Waals surface area (Å²) in [5.74, 6) is -0.249. The molecule has 102 valence electrons. The van der Waals surface area contributed by atoms with Crippen LogP contribution in [-0.4, -0.2) is 51.3 Å². The van der Waals surface area contributed by atoms with Crippen LogP contribution in [0.1, 0.15) is 23.3 Å². The minimum atomic E-state index is -1.18. The highest BCUT2D eigenvalue weighted by atomic mass is 16.4. The van der Waals surface area contributed by atoms with Crippen molar-refractivity contribution in [3.05, 3.63) is 24.0 Å². The first-order valence-electron chi connectivity index (χ1n) is 5.99. The quantitative estimate of drug-likeness (QED) is 0.732. The van der Waals surface area contributed by atoms with E-state index in [4.69, 9.17) is 5.11 Å². The first-order valence-corrected chi connectivity index (χ1v) is 5.99. The summed E-state index contributed by atoms with van der Waals surface area (Å²) in [7, 11) is 0. The lowest BCUT2D eigenvalue weighted by molar-refractivity contribution is 0.0469. The van der Waals surface area contributed by atoms with Crippen molar-refractivity contribution in [2.45, 2.75) is 18.9 Å². The van der Waals surface area contributed by atoms with Crippen molar-refractivity contribution in [1.29, 1.82) is 0 Å². The fraction of sp³-hybridized carbons (Fsp3) is 0.417. The van der Waals surface area contributed by atoms with Gasteiger partial charge in [0.1, 0.15) is 5.69 Å². The lowest BCUT2D eigenvalue weighted by Gasteiger charge is -2.29. The molecule has 1 saturated heterocycles. The first-order chi connectivity index (χ1) is 9.06. The second kappa shape index (κ2) is 5.66. The summed E-state index contributed by atoms with van der Waals surface area (Å²) >= 11 is 0. The number of hydrogen-bond acceptors (Lipinski definition) is 4. The number of carbonyl (C=O) groups is 2. The Morgan fingerprint density at radius 2 is 2.21 bits per heavy atom. The van der Waals surface area contributed by atoms with Crippen LogP contribution in [0.5, 0.6) is 0 Å². The summed E-state index contributed by atoms with van der Waals surface area (Å²) in [6.07, 6.45) is 1.11. The van der Waals surface area contributed by atoms with Gasteiger partial charge in [-0.05, 0) is 25.0 Å². The Hall–Kier alpha value is -2.15. The van der Waals surface area contributed by atoms with Gasteiger partial charge >= 0.3 is 6.09 Å². The van der Waals surface area contributed by atoms with E-state index in [1.807, 2.05) is 0 Å². The van der Waals surface area contributed by atoms with E-state index in [1.54, 1.807) is 4.90 Å². The molecule has 0 aliphatic carbocycles. The summed E-state index contributed by atoms with van der Waals surface area (Å²) in [5, 5.41) is 20.2. The summed E-state index contributed by atoms with van der Waals surface area (Å²) < 4.78 is 0. The van der Waals surface area contributed by atoms with Crippen LogP contribution in [0.15, 0.2) is 18.3 Å². The van der Waals surface area contributed by atoms with E-state index in [-0.39, 0.29) is 11.6 Å². The number of nitrogens with one attached hydrogen (secondary N) is 1. The molecule has 19 heavy (non-hydrogen) atoms.